The van der Waals surface area contributed by atoms with Crippen molar-refractivity contribution in [3.8, 4) is 5.75 Å². The molecule has 3 rings (SSSR count). The number of pyridine rings is 1. The van der Waals surface area contributed by atoms with Gasteiger partial charge in [0.1, 0.15) is 0 Å². The van der Waals surface area contributed by atoms with Gasteiger partial charge in [0.05, 0.1) is 25.7 Å². The zero-order valence-corrected chi connectivity index (χ0v) is 13.4. The quantitative estimate of drug-likeness (QED) is 0.278. The normalized spacial score (nSPS) is 16.0. The van der Waals surface area contributed by atoms with Crippen LogP contribution in [-0.2, 0) is 0 Å². The van der Waals surface area contributed by atoms with Crippen molar-refractivity contribution >= 4 is 11.8 Å². The van der Waals surface area contributed by atoms with Crippen LogP contribution >= 0.6 is 0 Å². The van der Waals surface area contributed by atoms with Crippen LogP contribution < -0.4 is 9.22 Å². The summed E-state index contributed by atoms with van der Waals surface area (Å²) in [7, 11) is 2.02. The van der Waals surface area contributed by atoms with Crippen LogP contribution in [0.3, 0.4) is 0 Å². The zero-order chi connectivity index (χ0) is 18.2. The second kappa shape index (κ2) is 6.44. The minimum atomic E-state index is -1.77. The van der Waals surface area contributed by atoms with Gasteiger partial charge in [-0.2, -0.15) is 8.78 Å². The summed E-state index contributed by atoms with van der Waals surface area (Å²) in [5, 5.41) is 0. The number of rotatable bonds is 3. The maximum absolute atomic E-state index is 13.6. The van der Waals surface area contributed by atoms with Gasteiger partial charge in [-0.3, -0.25) is 4.48 Å². The first kappa shape index (κ1) is 17.3. The van der Waals surface area contributed by atoms with E-state index in [1.54, 1.807) is 6.07 Å². The summed E-state index contributed by atoms with van der Waals surface area (Å²) < 4.78 is 58.6. The lowest BCUT2D eigenvalue weighted by Crippen LogP contribution is -2.42. The van der Waals surface area contributed by atoms with E-state index in [-0.39, 0.29) is 11.6 Å². The first-order valence-corrected chi connectivity index (χ1v) is 7.68. The number of benzene rings is 1. The highest BCUT2D eigenvalue weighted by Gasteiger charge is 2.31. The van der Waals surface area contributed by atoms with E-state index in [1.807, 2.05) is 7.05 Å². The van der Waals surface area contributed by atoms with Gasteiger partial charge < -0.3 is 4.74 Å². The van der Waals surface area contributed by atoms with E-state index in [2.05, 4.69) is 9.72 Å². The molecular weight excluding hydrogens is 340 g/mol. The van der Waals surface area contributed by atoms with Gasteiger partial charge in [-0.05, 0) is 6.07 Å². The number of hydrogen-bond donors (Lipinski definition) is 0. The Kier molecular flexibility index (Phi) is 4.47. The first-order chi connectivity index (χ1) is 11.8. The predicted molar refractivity (Wildman–Crippen MR) is 82.2 cm³/mol. The topological polar surface area (TPSA) is 39.2 Å². The van der Waals surface area contributed by atoms with E-state index in [0.717, 1.165) is 31.7 Å². The van der Waals surface area contributed by atoms with Crippen LogP contribution in [0, 0.1) is 23.3 Å². The number of halogens is 4. The van der Waals surface area contributed by atoms with Crippen molar-refractivity contribution in [2.45, 2.75) is 12.8 Å². The Morgan fingerprint density at radius 2 is 1.68 bits per heavy atom. The molecule has 1 saturated heterocycles. The summed E-state index contributed by atoms with van der Waals surface area (Å²) in [6.45, 7) is 1.85. The molecule has 2 aromatic rings. The van der Waals surface area contributed by atoms with E-state index in [9.17, 15) is 22.4 Å². The number of likely N-dealkylation sites (tertiary alicyclic amines) is 1. The van der Waals surface area contributed by atoms with Crippen LogP contribution in [0.25, 0.3) is 0 Å². The lowest BCUT2D eigenvalue weighted by Gasteiger charge is -2.26. The molecule has 25 heavy (non-hydrogen) atoms. The summed E-state index contributed by atoms with van der Waals surface area (Å²) in [5.74, 6) is -8.67. The van der Waals surface area contributed by atoms with Crippen molar-refractivity contribution in [3.05, 3.63) is 53.2 Å². The molecule has 1 aliphatic heterocycles. The minimum absolute atomic E-state index is 0.0402. The van der Waals surface area contributed by atoms with Gasteiger partial charge in [-0.25, -0.2) is 18.6 Å². The molecule has 1 aromatic heterocycles. The molecule has 1 aromatic carbocycles. The van der Waals surface area contributed by atoms with E-state index in [0.29, 0.717) is 4.48 Å². The minimum Gasteiger partial charge on any atom is -0.416 e. The van der Waals surface area contributed by atoms with Gasteiger partial charge in [0.25, 0.3) is 0 Å². The average Bonchev–Trinajstić information content (AvgIpc) is 3.05. The van der Waals surface area contributed by atoms with E-state index in [1.165, 1.54) is 12.3 Å². The summed E-state index contributed by atoms with van der Waals surface area (Å²) in [4.78, 5) is 16.2. The Morgan fingerprint density at radius 3 is 2.20 bits per heavy atom. The zero-order valence-electron chi connectivity index (χ0n) is 13.4. The third-order valence-corrected chi connectivity index (χ3v) is 4.36. The van der Waals surface area contributed by atoms with Crippen LogP contribution in [0.2, 0.25) is 0 Å². The molecule has 0 amide bonds. The van der Waals surface area contributed by atoms with Gasteiger partial charge in [-0.1, -0.05) is 0 Å². The van der Waals surface area contributed by atoms with Crippen molar-refractivity contribution in [2.75, 3.05) is 20.1 Å². The SMILES string of the molecule is C[N+]1(c2ccc(C(=O)Oc3c(F)c(F)cc(F)c3F)cn2)CCCC1. The van der Waals surface area contributed by atoms with Gasteiger partial charge >= 0.3 is 5.97 Å². The second-order valence-corrected chi connectivity index (χ2v) is 6.14. The summed E-state index contributed by atoms with van der Waals surface area (Å²) in [6, 6.07) is 3.07. The van der Waals surface area contributed by atoms with Crippen molar-refractivity contribution in [1.29, 1.82) is 0 Å². The summed E-state index contributed by atoms with van der Waals surface area (Å²) in [6.07, 6.45) is 3.36. The molecule has 0 aliphatic carbocycles. The number of hydrogen-bond acceptors (Lipinski definition) is 3. The van der Waals surface area contributed by atoms with Gasteiger partial charge in [0, 0.05) is 31.2 Å². The predicted octanol–water partition coefficient (Wildman–Crippen LogP) is 3.59. The fourth-order valence-electron chi connectivity index (χ4n) is 2.88. The third kappa shape index (κ3) is 3.21. The molecule has 0 bridgehead atoms. The average molecular weight is 355 g/mol. The highest BCUT2D eigenvalue weighted by atomic mass is 19.2. The summed E-state index contributed by atoms with van der Waals surface area (Å²) in [5.41, 5.74) is -0.0852. The Balaban J connectivity index is 1.83. The lowest BCUT2D eigenvalue weighted by molar-refractivity contribution is 0.0717. The molecule has 0 radical (unpaired) electrons. The number of quaternary nitrogens is 1. The first-order valence-electron chi connectivity index (χ1n) is 7.68. The molecule has 0 atom stereocenters. The van der Waals surface area contributed by atoms with Gasteiger partial charge in [0.15, 0.2) is 11.6 Å². The van der Waals surface area contributed by atoms with Gasteiger partial charge in [0.2, 0.25) is 23.2 Å². The highest BCUT2D eigenvalue weighted by Crippen LogP contribution is 2.28. The largest absolute Gasteiger partial charge is 0.416 e. The van der Waals surface area contributed by atoms with Crippen LogP contribution in [-0.4, -0.2) is 31.1 Å². The number of ether oxygens (including phenoxy) is 1. The van der Waals surface area contributed by atoms with Crippen molar-refractivity contribution < 1.29 is 27.1 Å². The smallest absolute Gasteiger partial charge is 0.345 e. The Hall–Kier alpha value is -2.48. The molecule has 1 aliphatic rings. The molecule has 0 unspecified atom stereocenters. The molecule has 0 saturated carbocycles. The molecule has 2 heterocycles. The van der Waals surface area contributed by atoms with Gasteiger partial charge in [-0.15, -0.1) is 0 Å². The fraction of sp³-hybridized carbons (Fsp3) is 0.294. The molecular formula is C17H15F4N2O2+. The Labute approximate surface area is 141 Å². The molecule has 0 spiro atoms. The number of carbonyl (C=O) groups is 1. The Morgan fingerprint density at radius 1 is 1.08 bits per heavy atom. The van der Waals surface area contributed by atoms with Crippen LogP contribution in [0.1, 0.15) is 23.2 Å². The Bertz CT molecular complexity index is 792. The van der Waals surface area contributed by atoms with Crippen LogP contribution in [0.15, 0.2) is 24.4 Å². The standard InChI is InChI=1S/C17H15F4N2O2/c1-23(6-2-3-7-23)13-5-4-10(9-22-13)17(24)25-16-14(20)11(18)8-12(19)15(16)21/h4-5,8-9H,2-3,6-7H2,1H3/q+1. The van der Waals surface area contributed by atoms with E-state index in [4.69, 9.17) is 0 Å². The van der Waals surface area contributed by atoms with E-state index >= 15 is 0 Å². The van der Waals surface area contributed by atoms with Crippen LogP contribution in [0.5, 0.6) is 5.75 Å². The number of aromatic nitrogens is 1. The molecule has 0 N–H and O–H groups in total. The molecule has 8 heteroatoms. The summed E-state index contributed by atoms with van der Waals surface area (Å²) >= 11 is 0. The lowest BCUT2D eigenvalue weighted by atomic mass is 10.2. The molecule has 132 valence electrons. The fourth-order valence-corrected chi connectivity index (χ4v) is 2.88. The van der Waals surface area contributed by atoms with Crippen molar-refractivity contribution in [3.63, 3.8) is 0 Å². The second-order valence-electron chi connectivity index (χ2n) is 6.14. The molecule has 4 nitrogen and oxygen atoms in total. The van der Waals surface area contributed by atoms with Crippen molar-refractivity contribution in [2.24, 2.45) is 0 Å². The third-order valence-electron chi connectivity index (χ3n) is 4.36. The van der Waals surface area contributed by atoms with Crippen molar-refractivity contribution in [1.82, 2.24) is 9.47 Å². The maximum atomic E-state index is 13.6. The number of esters is 1. The van der Waals surface area contributed by atoms with E-state index < -0.39 is 35.0 Å². The maximum Gasteiger partial charge on any atom is 0.345 e. The highest BCUT2D eigenvalue weighted by molar-refractivity contribution is 5.91. The monoisotopic (exact) mass is 355 g/mol. The number of nitrogens with zero attached hydrogens (tertiary/aromatic N) is 2. The molecule has 1 fully saturated rings. The number of carbonyl (C=O) groups excluding carboxylic acids is 1. The van der Waals surface area contributed by atoms with Crippen LogP contribution in [0.4, 0.5) is 23.4 Å².